The average molecular weight is 272 g/mol. The predicted molar refractivity (Wildman–Crippen MR) is 76.5 cm³/mol. The van der Waals surface area contributed by atoms with E-state index in [0.717, 1.165) is 5.69 Å². The summed E-state index contributed by atoms with van der Waals surface area (Å²) in [5.41, 5.74) is 3.23. The van der Waals surface area contributed by atoms with Crippen molar-refractivity contribution in [2.45, 2.75) is 38.5 Å². The molecule has 0 amide bonds. The number of aliphatic hydroxyl groups is 1. The second-order valence-corrected chi connectivity index (χ2v) is 5.76. The summed E-state index contributed by atoms with van der Waals surface area (Å²) in [6.45, 7) is 4.98. The number of hydrogen-bond donors (Lipinski definition) is 1. The van der Waals surface area contributed by atoms with Gasteiger partial charge in [0.1, 0.15) is 0 Å². The Morgan fingerprint density at radius 3 is 3.00 bits per heavy atom. The zero-order chi connectivity index (χ0) is 14.2. The third kappa shape index (κ3) is 2.15. The highest BCUT2D eigenvalue weighted by molar-refractivity contribution is 5.34. The summed E-state index contributed by atoms with van der Waals surface area (Å²) in [6.07, 6.45) is 4.27. The molecule has 4 heteroatoms. The van der Waals surface area contributed by atoms with Crippen molar-refractivity contribution in [1.82, 2.24) is 9.55 Å². The first-order chi connectivity index (χ1) is 9.63. The van der Waals surface area contributed by atoms with Gasteiger partial charge in [0, 0.05) is 24.9 Å². The Morgan fingerprint density at radius 2 is 2.20 bits per heavy atom. The largest absolute Gasteiger partial charge is 0.396 e. The third-order valence-electron chi connectivity index (χ3n) is 4.00. The smallest absolute Gasteiger partial charge is 0.0955 e. The van der Waals surface area contributed by atoms with Gasteiger partial charge in [-0.1, -0.05) is 24.3 Å². The summed E-state index contributed by atoms with van der Waals surface area (Å²) in [6, 6.07) is 8.46. The van der Waals surface area contributed by atoms with E-state index in [0.29, 0.717) is 13.0 Å². The van der Waals surface area contributed by atoms with Gasteiger partial charge in [0.05, 0.1) is 24.6 Å². The lowest BCUT2D eigenvalue weighted by molar-refractivity contribution is -0.0691. The van der Waals surface area contributed by atoms with Gasteiger partial charge in [0.25, 0.3) is 0 Å². The van der Waals surface area contributed by atoms with Crippen LogP contribution in [0.1, 0.15) is 36.7 Å². The van der Waals surface area contributed by atoms with Crippen molar-refractivity contribution in [3.05, 3.63) is 53.6 Å². The maximum atomic E-state index is 9.21. The Hall–Kier alpha value is -1.65. The number of imidazole rings is 1. The van der Waals surface area contributed by atoms with Crippen LogP contribution in [0.25, 0.3) is 0 Å². The molecule has 1 N–H and O–H groups in total. The normalized spacial score (nSPS) is 20.6. The number of hydrogen-bond acceptors (Lipinski definition) is 3. The van der Waals surface area contributed by atoms with Crippen LogP contribution in [0, 0.1) is 0 Å². The minimum Gasteiger partial charge on any atom is -0.396 e. The Balaban J connectivity index is 2.12. The van der Waals surface area contributed by atoms with Crippen LogP contribution in [0.3, 0.4) is 0 Å². The first kappa shape index (κ1) is 13.3. The molecule has 1 aliphatic rings. The number of rotatable bonds is 3. The van der Waals surface area contributed by atoms with Gasteiger partial charge in [-0.05, 0) is 25.0 Å². The van der Waals surface area contributed by atoms with Gasteiger partial charge < -0.3 is 14.4 Å². The molecule has 106 valence electrons. The second-order valence-electron chi connectivity index (χ2n) is 5.76. The number of aromatic nitrogens is 2. The van der Waals surface area contributed by atoms with Crippen molar-refractivity contribution >= 4 is 0 Å². The molecule has 1 unspecified atom stereocenters. The molecule has 0 fully saturated rings. The Kier molecular flexibility index (Phi) is 3.36. The van der Waals surface area contributed by atoms with Crippen LogP contribution in [-0.4, -0.2) is 26.9 Å². The molecule has 2 aromatic rings. The van der Waals surface area contributed by atoms with E-state index in [1.54, 1.807) is 0 Å². The number of aliphatic hydroxyl groups excluding tert-OH is 1. The number of benzene rings is 1. The maximum Gasteiger partial charge on any atom is 0.0955 e. The fourth-order valence-electron chi connectivity index (χ4n) is 3.01. The number of fused-ring (bicyclic) bond motifs is 1. The molecule has 0 bridgehead atoms. The molecule has 3 rings (SSSR count). The summed E-state index contributed by atoms with van der Waals surface area (Å²) >= 11 is 0. The van der Waals surface area contributed by atoms with Crippen LogP contribution in [-0.2, 0) is 17.8 Å². The van der Waals surface area contributed by atoms with Gasteiger partial charge in [-0.3, -0.25) is 0 Å². The van der Waals surface area contributed by atoms with Crippen LogP contribution in [0.2, 0.25) is 0 Å². The molecule has 0 spiro atoms. The van der Waals surface area contributed by atoms with Crippen LogP contribution in [0.15, 0.2) is 36.8 Å². The fourth-order valence-corrected chi connectivity index (χ4v) is 3.01. The Morgan fingerprint density at radius 1 is 1.40 bits per heavy atom. The van der Waals surface area contributed by atoms with Crippen molar-refractivity contribution in [2.75, 3.05) is 6.61 Å². The van der Waals surface area contributed by atoms with Crippen LogP contribution in [0.4, 0.5) is 0 Å². The van der Waals surface area contributed by atoms with E-state index in [9.17, 15) is 5.11 Å². The molecule has 0 radical (unpaired) electrons. The van der Waals surface area contributed by atoms with Gasteiger partial charge in [0.2, 0.25) is 0 Å². The molecule has 0 aliphatic carbocycles. The first-order valence-corrected chi connectivity index (χ1v) is 6.97. The van der Waals surface area contributed by atoms with E-state index in [-0.39, 0.29) is 18.2 Å². The summed E-state index contributed by atoms with van der Waals surface area (Å²) in [7, 11) is 0. The zero-order valence-corrected chi connectivity index (χ0v) is 11.9. The van der Waals surface area contributed by atoms with Crippen molar-refractivity contribution in [1.29, 1.82) is 0 Å². The molecule has 1 aliphatic heterocycles. The van der Waals surface area contributed by atoms with E-state index in [4.69, 9.17) is 4.74 Å². The molecule has 4 nitrogen and oxygen atoms in total. The lowest BCUT2D eigenvalue weighted by atomic mass is 9.85. The summed E-state index contributed by atoms with van der Waals surface area (Å²) in [5, 5.41) is 9.21. The van der Waals surface area contributed by atoms with E-state index in [1.807, 2.05) is 18.6 Å². The van der Waals surface area contributed by atoms with Crippen molar-refractivity contribution in [3.8, 4) is 0 Å². The monoisotopic (exact) mass is 272 g/mol. The number of ether oxygens (including phenoxy) is 1. The average Bonchev–Trinajstić information content (AvgIpc) is 2.86. The van der Waals surface area contributed by atoms with E-state index < -0.39 is 0 Å². The zero-order valence-electron chi connectivity index (χ0n) is 11.9. The molecule has 2 heterocycles. The highest BCUT2D eigenvalue weighted by Crippen LogP contribution is 2.40. The SMILES string of the molecule is CC1(C)OCc2ccccc2C1n1cncc1CCO. The topological polar surface area (TPSA) is 47.3 Å². The van der Waals surface area contributed by atoms with Crippen LogP contribution < -0.4 is 0 Å². The lowest BCUT2D eigenvalue weighted by Crippen LogP contribution is -2.41. The summed E-state index contributed by atoms with van der Waals surface area (Å²) in [4.78, 5) is 4.25. The molecule has 0 saturated heterocycles. The van der Waals surface area contributed by atoms with Gasteiger partial charge in [-0.2, -0.15) is 0 Å². The minimum atomic E-state index is -0.306. The van der Waals surface area contributed by atoms with E-state index >= 15 is 0 Å². The van der Waals surface area contributed by atoms with Crippen LogP contribution >= 0.6 is 0 Å². The second kappa shape index (κ2) is 5.04. The molecular weight excluding hydrogens is 252 g/mol. The fraction of sp³-hybridized carbons (Fsp3) is 0.438. The van der Waals surface area contributed by atoms with Gasteiger partial charge in [-0.25, -0.2) is 4.98 Å². The van der Waals surface area contributed by atoms with Crippen molar-refractivity contribution in [2.24, 2.45) is 0 Å². The third-order valence-corrected chi connectivity index (χ3v) is 4.00. The first-order valence-electron chi connectivity index (χ1n) is 6.97. The highest BCUT2D eigenvalue weighted by Gasteiger charge is 2.38. The van der Waals surface area contributed by atoms with Gasteiger partial charge >= 0.3 is 0 Å². The molecule has 1 aromatic heterocycles. The van der Waals surface area contributed by atoms with Gasteiger partial charge in [0.15, 0.2) is 0 Å². The van der Waals surface area contributed by atoms with Gasteiger partial charge in [-0.15, -0.1) is 0 Å². The molecule has 1 atom stereocenters. The molecular formula is C16H20N2O2. The summed E-state index contributed by atoms with van der Waals surface area (Å²) < 4.78 is 8.18. The summed E-state index contributed by atoms with van der Waals surface area (Å²) in [5.74, 6) is 0. The quantitative estimate of drug-likeness (QED) is 0.932. The lowest BCUT2D eigenvalue weighted by Gasteiger charge is -2.41. The van der Waals surface area contributed by atoms with Crippen molar-refractivity contribution in [3.63, 3.8) is 0 Å². The van der Waals surface area contributed by atoms with Crippen molar-refractivity contribution < 1.29 is 9.84 Å². The predicted octanol–water partition coefficient (Wildman–Crippen LogP) is 2.32. The Labute approximate surface area is 119 Å². The minimum absolute atomic E-state index is 0.0801. The Bertz CT molecular complexity index is 604. The standard InChI is InChI=1S/C16H20N2O2/c1-16(2)15(18-11-17-9-13(18)7-8-19)14-6-4-3-5-12(14)10-20-16/h3-6,9,11,15,19H,7-8,10H2,1-2H3. The molecule has 1 aromatic carbocycles. The molecule has 20 heavy (non-hydrogen) atoms. The van der Waals surface area contributed by atoms with E-state index in [1.165, 1.54) is 11.1 Å². The highest BCUT2D eigenvalue weighted by atomic mass is 16.5. The van der Waals surface area contributed by atoms with Crippen LogP contribution in [0.5, 0.6) is 0 Å². The maximum absolute atomic E-state index is 9.21. The van der Waals surface area contributed by atoms with E-state index in [2.05, 4.69) is 41.6 Å². The number of nitrogens with zero attached hydrogens (tertiary/aromatic N) is 2. The molecule has 0 saturated carbocycles.